The first-order chi connectivity index (χ1) is 7.86. The van der Waals surface area contributed by atoms with E-state index in [0.717, 1.165) is 19.5 Å². The van der Waals surface area contributed by atoms with Crippen LogP contribution in [0, 0.1) is 11.7 Å². The molecule has 1 aliphatic heterocycles. The maximum absolute atomic E-state index is 13.2. The first-order valence-corrected chi connectivity index (χ1v) is 5.94. The number of hydrogen-bond acceptors (Lipinski definition) is 2. The van der Waals surface area contributed by atoms with Gasteiger partial charge in [-0.25, -0.2) is 4.39 Å². The van der Waals surface area contributed by atoms with Crippen molar-refractivity contribution < 1.29 is 9.13 Å². The van der Waals surface area contributed by atoms with Gasteiger partial charge < -0.3 is 10.1 Å². The zero-order valence-electron chi connectivity index (χ0n) is 9.82. The lowest BCUT2D eigenvalue weighted by Gasteiger charge is -2.22. The van der Waals surface area contributed by atoms with Gasteiger partial charge in [0.05, 0.1) is 6.61 Å². The molecule has 0 aliphatic carbocycles. The molecule has 0 aromatic heterocycles. The molecule has 96 valence electrons. The van der Waals surface area contributed by atoms with Gasteiger partial charge in [-0.1, -0.05) is 12.1 Å². The van der Waals surface area contributed by atoms with Crippen molar-refractivity contribution in [3.05, 3.63) is 30.1 Å². The summed E-state index contributed by atoms with van der Waals surface area (Å²) in [5.74, 6) is 0.774. The normalized spacial score (nSPS) is 19.5. The molecule has 17 heavy (non-hydrogen) atoms. The van der Waals surface area contributed by atoms with Gasteiger partial charge >= 0.3 is 0 Å². The summed E-state index contributed by atoms with van der Waals surface area (Å²) >= 11 is 0. The topological polar surface area (TPSA) is 21.3 Å². The Bertz CT molecular complexity index is 329. The minimum atomic E-state index is -0.274. The van der Waals surface area contributed by atoms with E-state index >= 15 is 0 Å². The molecule has 1 aliphatic rings. The molecule has 1 N–H and O–H groups in total. The number of nitrogens with one attached hydrogen (secondary N) is 1. The van der Waals surface area contributed by atoms with Gasteiger partial charge in [0, 0.05) is 0 Å². The first-order valence-electron chi connectivity index (χ1n) is 5.94. The Morgan fingerprint density at radius 2 is 2.18 bits per heavy atom. The highest BCUT2D eigenvalue weighted by atomic mass is 35.5. The van der Waals surface area contributed by atoms with E-state index in [9.17, 15) is 4.39 Å². The van der Waals surface area contributed by atoms with Gasteiger partial charge in [-0.15, -0.1) is 12.4 Å². The minimum absolute atomic E-state index is 0. The summed E-state index contributed by atoms with van der Waals surface area (Å²) in [6.07, 6.45) is 3.50. The van der Waals surface area contributed by atoms with Crippen LogP contribution in [-0.4, -0.2) is 19.7 Å². The number of ether oxygens (including phenoxy) is 1. The Morgan fingerprint density at radius 3 is 2.88 bits per heavy atom. The van der Waals surface area contributed by atoms with E-state index in [0.29, 0.717) is 18.3 Å². The monoisotopic (exact) mass is 259 g/mol. The Morgan fingerprint density at radius 1 is 1.35 bits per heavy atom. The molecule has 1 fully saturated rings. The fraction of sp³-hybridized carbons (Fsp3) is 0.538. The van der Waals surface area contributed by atoms with Gasteiger partial charge in [0.2, 0.25) is 0 Å². The smallest absolute Gasteiger partial charge is 0.165 e. The molecule has 0 amide bonds. The second-order valence-corrected chi connectivity index (χ2v) is 4.28. The zero-order chi connectivity index (χ0) is 11.2. The van der Waals surface area contributed by atoms with Crippen molar-refractivity contribution >= 4 is 12.4 Å². The Balaban J connectivity index is 0.00000144. The molecule has 1 heterocycles. The van der Waals surface area contributed by atoms with E-state index in [2.05, 4.69) is 5.32 Å². The van der Waals surface area contributed by atoms with Crippen molar-refractivity contribution in [2.24, 2.45) is 5.92 Å². The molecule has 0 spiro atoms. The van der Waals surface area contributed by atoms with Gasteiger partial charge in [0.15, 0.2) is 11.6 Å². The standard InChI is InChI=1S/C13H18FNO.ClH/c14-12-5-1-2-6-13(12)16-9-7-11-4-3-8-15-10-11;/h1-2,5-6,11,15H,3-4,7-10H2;1H. The largest absolute Gasteiger partial charge is 0.491 e. The van der Waals surface area contributed by atoms with Gasteiger partial charge in [0.25, 0.3) is 0 Å². The molecule has 1 unspecified atom stereocenters. The maximum atomic E-state index is 13.2. The van der Waals surface area contributed by atoms with Crippen LogP contribution in [0.1, 0.15) is 19.3 Å². The predicted octanol–water partition coefficient (Wildman–Crippen LogP) is 3.02. The van der Waals surface area contributed by atoms with E-state index in [1.54, 1.807) is 18.2 Å². The van der Waals surface area contributed by atoms with Gasteiger partial charge in [-0.2, -0.15) is 0 Å². The van der Waals surface area contributed by atoms with Crippen LogP contribution in [-0.2, 0) is 0 Å². The highest BCUT2D eigenvalue weighted by Gasteiger charge is 2.12. The van der Waals surface area contributed by atoms with Crippen molar-refractivity contribution in [2.75, 3.05) is 19.7 Å². The molecule has 1 aromatic rings. The highest BCUT2D eigenvalue weighted by Crippen LogP contribution is 2.18. The number of hydrogen-bond donors (Lipinski definition) is 1. The maximum Gasteiger partial charge on any atom is 0.165 e. The van der Waals surface area contributed by atoms with Gasteiger partial charge in [-0.3, -0.25) is 0 Å². The second-order valence-electron chi connectivity index (χ2n) is 4.28. The number of halogens is 2. The molecule has 1 saturated heterocycles. The molecular formula is C13H19ClFNO. The summed E-state index contributed by atoms with van der Waals surface area (Å²) in [5.41, 5.74) is 0. The third-order valence-electron chi connectivity index (χ3n) is 3.02. The molecule has 1 aromatic carbocycles. The minimum Gasteiger partial charge on any atom is -0.491 e. The lowest BCUT2D eigenvalue weighted by atomic mass is 9.97. The number of rotatable bonds is 4. The van der Waals surface area contributed by atoms with Crippen LogP contribution in [0.5, 0.6) is 5.75 Å². The van der Waals surface area contributed by atoms with Crippen LogP contribution < -0.4 is 10.1 Å². The molecule has 0 saturated carbocycles. The first kappa shape index (κ1) is 14.3. The summed E-state index contributed by atoms with van der Waals surface area (Å²) < 4.78 is 18.7. The highest BCUT2D eigenvalue weighted by molar-refractivity contribution is 5.85. The number of para-hydroxylation sites is 1. The SMILES string of the molecule is Cl.Fc1ccccc1OCCC1CCCNC1. The van der Waals surface area contributed by atoms with Crippen molar-refractivity contribution in [2.45, 2.75) is 19.3 Å². The third-order valence-corrected chi connectivity index (χ3v) is 3.02. The Kier molecular flexibility index (Phi) is 6.30. The van der Waals surface area contributed by atoms with Crippen LogP contribution in [0.4, 0.5) is 4.39 Å². The van der Waals surface area contributed by atoms with Crippen molar-refractivity contribution in [3.63, 3.8) is 0 Å². The van der Waals surface area contributed by atoms with Crippen LogP contribution in [0.2, 0.25) is 0 Å². The third kappa shape index (κ3) is 4.52. The lowest BCUT2D eigenvalue weighted by molar-refractivity contribution is 0.246. The van der Waals surface area contributed by atoms with E-state index in [1.165, 1.54) is 18.9 Å². The van der Waals surface area contributed by atoms with Crippen LogP contribution in [0.15, 0.2) is 24.3 Å². The van der Waals surface area contributed by atoms with Crippen LogP contribution in [0.25, 0.3) is 0 Å². The predicted molar refractivity (Wildman–Crippen MR) is 69.4 cm³/mol. The van der Waals surface area contributed by atoms with Crippen molar-refractivity contribution in [3.8, 4) is 5.75 Å². The van der Waals surface area contributed by atoms with E-state index < -0.39 is 0 Å². The van der Waals surface area contributed by atoms with Crippen molar-refractivity contribution in [1.29, 1.82) is 0 Å². The average molecular weight is 260 g/mol. The fourth-order valence-electron chi connectivity index (χ4n) is 2.07. The Labute approximate surface area is 108 Å². The number of benzene rings is 1. The Hall–Kier alpha value is -0.800. The van der Waals surface area contributed by atoms with Gasteiger partial charge in [0.1, 0.15) is 0 Å². The van der Waals surface area contributed by atoms with Crippen molar-refractivity contribution in [1.82, 2.24) is 5.32 Å². The summed E-state index contributed by atoms with van der Waals surface area (Å²) in [4.78, 5) is 0. The summed E-state index contributed by atoms with van der Waals surface area (Å²) in [6.45, 7) is 2.80. The fourth-order valence-corrected chi connectivity index (χ4v) is 2.07. The van der Waals surface area contributed by atoms with Gasteiger partial charge in [-0.05, 0) is 50.4 Å². The van der Waals surface area contributed by atoms with E-state index in [-0.39, 0.29) is 18.2 Å². The molecule has 0 bridgehead atoms. The number of piperidine rings is 1. The van der Waals surface area contributed by atoms with Crippen LogP contribution >= 0.6 is 12.4 Å². The molecule has 0 radical (unpaired) electrons. The average Bonchev–Trinajstić information content (AvgIpc) is 2.33. The quantitative estimate of drug-likeness (QED) is 0.898. The van der Waals surface area contributed by atoms with E-state index in [4.69, 9.17) is 4.74 Å². The van der Waals surface area contributed by atoms with E-state index in [1.807, 2.05) is 0 Å². The molecule has 4 heteroatoms. The lowest BCUT2D eigenvalue weighted by Crippen LogP contribution is -2.30. The second kappa shape index (κ2) is 7.51. The van der Waals surface area contributed by atoms with Crippen LogP contribution in [0.3, 0.4) is 0 Å². The summed E-state index contributed by atoms with van der Waals surface area (Å²) in [5, 5.41) is 3.37. The summed E-state index contributed by atoms with van der Waals surface area (Å²) in [7, 11) is 0. The summed E-state index contributed by atoms with van der Waals surface area (Å²) in [6, 6.07) is 6.57. The molecule has 2 nitrogen and oxygen atoms in total. The molecule has 2 rings (SSSR count). The molecule has 1 atom stereocenters. The zero-order valence-corrected chi connectivity index (χ0v) is 10.6. The molecular weight excluding hydrogens is 241 g/mol.